The molecule has 2 aromatic rings. The van der Waals surface area contributed by atoms with Crippen LogP contribution in [0.15, 0.2) is 41.4 Å². The van der Waals surface area contributed by atoms with Crippen molar-refractivity contribution in [3.8, 4) is 5.75 Å². The third-order valence-electron chi connectivity index (χ3n) is 4.96. The van der Waals surface area contributed by atoms with Crippen molar-refractivity contribution in [2.45, 2.75) is 43.7 Å². The number of carbonyl (C=O) groups is 2. The Bertz CT molecular complexity index is 863. The highest BCUT2D eigenvalue weighted by molar-refractivity contribution is 7.08. The molecule has 1 amide bonds. The van der Waals surface area contributed by atoms with Gasteiger partial charge in [0.25, 0.3) is 0 Å². The molecule has 31 heavy (non-hydrogen) atoms. The highest BCUT2D eigenvalue weighted by atomic mass is 32.1. The average molecular weight is 458 g/mol. The third kappa shape index (κ3) is 6.17. The Hall–Kier alpha value is -2.66. The van der Waals surface area contributed by atoms with Gasteiger partial charge in [-0.3, -0.25) is 9.78 Å². The van der Waals surface area contributed by atoms with E-state index in [0.717, 1.165) is 24.2 Å². The lowest BCUT2D eigenvalue weighted by Crippen LogP contribution is -2.54. The largest absolute Gasteiger partial charge is 0.490 e. The molecule has 0 spiro atoms. The minimum Gasteiger partial charge on any atom is -0.486 e. The Kier molecular flexibility index (Phi) is 7.50. The molecule has 0 bridgehead atoms. The zero-order chi connectivity index (χ0) is 22.4. The minimum atomic E-state index is -5.08. The van der Waals surface area contributed by atoms with Crippen molar-refractivity contribution in [1.82, 2.24) is 9.88 Å². The average Bonchev–Trinajstić information content (AvgIpc) is 3.38. The fraction of sp³-hybridized carbons (Fsp3) is 0.450. The number of hydrogen-bond acceptors (Lipinski definition) is 6. The van der Waals surface area contributed by atoms with Crippen LogP contribution < -0.4 is 4.74 Å². The van der Waals surface area contributed by atoms with Gasteiger partial charge in [0.15, 0.2) is 0 Å². The summed E-state index contributed by atoms with van der Waals surface area (Å²) in [5, 5.41) is 11.2. The van der Waals surface area contributed by atoms with E-state index in [1.165, 1.54) is 0 Å². The number of aliphatic carboxylic acids is 1. The van der Waals surface area contributed by atoms with E-state index in [9.17, 15) is 18.0 Å². The standard InChI is InChI=1S/C18H20N2O3S.C2HF3O2/c21-17(10-13-5-9-24-12-13)20-7-8-22-18-15(20)3-4-16(18)23-14-2-1-6-19-11-14;3-2(4,5)1(6)7/h1-2,5-6,9,11-12,15-16,18H,3-4,7-8,10H2;(H,6,7)/t15-,16+,18+;/m0./s1. The predicted octanol–water partition coefficient (Wildman–Crippen LogP) is 3.16. The molecule has 3 heterocycles. The summed E-state index contributed by atoms with van der Waals surface area (Å²) < 4.78 is 43.8. The van der Waals surface area contributed by atoms with E-state index in [4.69, 9.17) is 19.4 Å². The van der Waals surface area contributed by atoms with Crippen LogP contribution in [0.1, 0.15) is 18.4 Å². The SMILES string of the molecule is O=C(Cc1ccsc1)N1CCO[C@H]2[C@H](Oc3cccnc3)CC[C@@H]21.O=C(O)C(F)(F)F. The summed E-state index contributed by atoms with van der Waals surface area (Å²) in [6.45, 7) is 1.24. The van der Waals surface area contributed by atoms with Gasteiger partial charge in [0.2, 0.25) is 5.91 Å². The van der Waals surface area contributed by atoms with Crippen molar-refractivity contribution in [3.05, 3.63) is 46.9 Å². The second-order valence-corrected chi connectivity index (χ2v) is 7.80. The fourth-order valence-electron chi connectivity index (χ4n) is 3.61. The molecule has 168 valence electrons. The van der Waals surface area contributed by atoms with E-state index in [2.05, 4.69) is 4.98 Å². The number of hydrogen-bond donors (Lipinski definition) is 1. The minimum absolute atomic E-state index is 0.0176. The van der Waals surface area contributed by atoms with Crippen molar-refractivity contribution < 1.29 is 37.3 Å². The second kappa shape index (κ2) is 10.1. The number of pyridine rings is 1. The zero-order valence-electron chi connectivity index (χ0n) is 16.3. The van der Waals surface area contributed by atoms with Gasteiger partial charge in [0.1, 0.15) is 18.0 Å². The first-order chi connectivity index (χ1) is 14.8. The number of amides is 1. The second-order valence-electron chi connectivity index (χ2n) is 7.02. The molecule has 0 aromatic carbocycles. The van der Waals surface area contributed by atoms with E-state index in [1.807, 2.05) is 33.9 Å². The van der Waals surface area contributed by atoms with Crippen LogP contribution in [-0.4, -0.2) is 64.4 Å². The zero-order valence-corrected chi connectivity index (χ0v) is 17.1. The first-order valence-corrected chi connectivity index (χ1v) is 10.5. The maximum Gasteiger partial charge on any atom is 0.490 e. The number of aromatic nitrogens is 1. The molecular formula is C20H21F3N2O5S. The molecule has 1 N–H and O–H groups in total. The van der Waals surface area contributed by atoms with E-state index in [1.54, 1.807) is 23.7 Å². The molecule has 11 heteroatoms. The van der Waals surface area contributed by atoms with Crippen molar-refractivity contribution in [2.75, 3.05) is 13.2 Å². The first kappa shape index (κ1) is 23.0. The van der Waals surface area contributed by atoms with Gasteiger partial charge >= 0.3 is 12.1 Å². The maximum atomic E-state index is 12.7. The van der Waals surface area contributed by atoms with E-state index in [0.29, 0.717) is 19.6 Å². The van der Waals surface area contributed by atoms with Crippen molar-refractivity contribution in [1.29, 1.82) is 0 Å². The van der Waals surface area contributed by atoms with Gasteiger partial charge in [-0.15, -0.1) is 0 Å². The van der Waals surface area contributed by atoms with E-state index >= 15 is 0 Å². The Morgan fingerprint density at radius 1 is 1.32 bits per heavy atom. The monoisotopic (exact) mass is 458 g/mol. The smallest absolute Gasteiger partial charge is 0.486 e. The van der Waals surface area contributed by atoms with Gasteiger partial charge in [-0.1, -0.05) is 0 Å². The van der Waals surface area contributed by atoms with Crippen molar-refractivity contribution in [2.24, 2.45) is 0 Å². The van der Waals surface area contributed by atoms with Crippen LogP contribution in [-0.2, 0) is 20.7 Å². The summed E-state index contributed by atoms with van der Waals surface area (Å²) in [6, 6.07) is 5.90. The maximum absolute atomic E-state index is 12.7. The quantitative estimate of drug-likeness (QED) is 0.757. The Morgan fingerprint density at radius 3 is 2.71 bits per heavy atom. The summed E-state index contributed by atoms with van der Waals surface area (Å²) in [4.78, 5) is 27.7. The van der Waals surface area contributed by atoms with Gasteiger partial charge in [-0.05, 0) is 47.4 Å². The normalized spacial score (nSPS) is 22.8. The first-order valence-electron chi connectivity index (χ1n) is 9.54. The Labute approximate surface area is 180 Å². The number of alkyl halides is 3. The molecule has 2 aliphatic rings. The van der Waals surface area contributed by atoms with Crippen LogP contribution in [0.25, 0.3) is 0 Å². The fourth-order valence-corrected chi connectivity index (χ4v) is 4.28. The van der Waals surface area contributed by atoms with Gasteiger partial charge in [0, 0.05) is 12.7 Å². The van der Waals surface area contributed by atoms with E-state index in [-0.39, 0.29) is 24.2 Å². The lowest BCUT2D eigenvalue weighted by atomic mass is 10.1. The molecule has 2 fully saturated rings. The molecule has 3 atom stereocenters. The van der Waals surface area contributed by atoms with Crippen LogP contribution in [0.5, 0.6) is 5.75 Å². The summed E-state index contributed by atoms with van der Waals surface area (Å²) >= 11 is 1.63. The number of carbonyl (C=O) groups excluding carboxylic acids is 1. The number of nitrogens with zero attached hydrogens (tertiary/aromatic N) is 2. The third-order valence-corrected chi connectivity index (χ3v) is 5.69. The summed E-state index contributed by atoms with van der Waals surface area (Å²) in [5.74, 6) is -1.81. The molecule has 1 aliphatic carbocycles. The van der Waals surface area contributed by atoms with E-state index < -0.39 is 12.1 Å². The van der Waals surface area contributed by atoms with Gasteiger partial charge in [-0.2, -0.15) is 24.5 Å². The van der Waals surface area contributed by atoms with Crippen LogP contribution in [0.2, 0.25) is 0 Å². The highest BCUT2D eigenvalue weighted by Gasteiger charge is 2.45. The molecule has 2 aromatic heterocycles. The number of morpholine rings is 1. The van der Waals surface area contributed by atoms with Crippen LogP contribution >= 0.6 is 11.3 Å². The molecule has 1 saturated heterocycles. The number of fused-ring (bicyclic) bond motifs is 1. The number of ether oxygens (including phenoxy) is 2. The molecule has 1 saturated carbocycles. The Morgan fingerprint density at radius 2 is 2.10 bits per heavy atom. The molecule has 0 unspecified atom stereocenters. The van der Waals surface area contributed by atoms with Gasteiger partial charge < -0.3 is 19.5 Å². The van der Waals surface area contributed by atoms with Crippen LogP contribution in [0, 0.1) is 0 Å². The highest BCUT2D eigenvalue weighted by Crippen LogP contribution is 2.33. The Balaban J connectivity index is 0.000000339. The molecule has 0 radical (unpaired) electrons. The number of halogens is 3. The van der Waals surface area contributed by atoms with Gasteiger partial charge in [0.05, 0.1) is 25.3 Å². The summed E-state index contributed by atoms with van der Waals surface area (Å²) in [7, 11) is 0. The van der Waals surface area contributed by atoms with Crippen molar-refractivity contribution in [3.63, 3.8) is 0 Å². The number of carboxylic acid groups (broad SMARTS) is 1. The number of carboxylic acids is 1. The van der Waals surface area contributed by atoms with Gasteiger partial charge in [-0.25, -0.2) is 4.79 Å². The van der Waals surface area contributed by atoms with Crippen LogP contribution in [0.3, 0.4) is 0 Å². The lowest BCUT2D eigenvalue weighted by Gasteiger charge is -2.39. The van der Waals surface area contributed by atoms with Crippen molar-refractivity contribution >= 4 is 23.2 Å². The lowest BCUT2D eigenvalue weighted by molar-refractivity contribution is -0.192. The molecule has 4 rings (SSSR count). The number of rotatable bonds is 4. The summed E-state index contributed by atoms with van der Waals surface area (Å²) in [5.41, 5.74) is 1.09. The number of thiophene rings is 1. The summed E-state index contributed by atoms with van der Waals surface area (Å²) in [6.07, 6.45) is 0.585. The topological polar surface area (TPSA) is 89.0 Å². The molecule has 1 aliphatic heterocycles. The molecule has 7 nitrogen and oxygen atoms in total. The molecular weight excluding hydrogens is 437 g/mol. The predicted molar refractivity (Wildman–Crippen MR) is 105 cm³/mol. The van der Waals surface area contributed by atoms with Crippen LogP contribution in [0.4, 0.5) is 13.2 Å².